The van der Waals surface area contributed by atoms with E-state index in [4.69, 9.17) is 0 Å². The zero-order chi connectivity index (χ0) is 16.9. The van der Waals surface area contributed by atoms with Crippen LogP contribution in [0.25, 0.3) is 11.1 Å². The van der Waals surface area contributed by atoms with E-state index < -0.39 is 0 Å². The molecule has 0 aliphatic carbocycles. The molecule has 0 aliphatic heterocycles. The maximum Gasteiger partial charge on any atom is 0.140 e. The second-order valence-electron chi connectivity index (χ2n) is 6.69. The molecule has 0 nitrogen and oxygen atoms in total. The summed E-state index contributed by atoms with van der Waals surface area (Å²) in [5.41, 5.74) is 15.5. The summed E-state index contributed by atoms with van der Waals surface area (Å²) in [6.07, 6.45) is 0. The van der Waals surface area contributed by atoms with E-state index in [0.29, 0.717) is 0 Å². The molecule has 100 valence electrons. The maximum absolute atomic E-state index is 3.77. The first-order valence-electron chi connectivity index (χ1n) is 7.94. The van der Waals surface area contributed by atoms with Crippen molar-refractivity contribution < 1.29 is 0 Å². The van der Waals surface area contributed by atoms with Gasteiger partial charge in [-0.2, -0.15) is 0 Å². The molecule has 0 bridgehead atoms. The zero-order valence-corrected chi connectivity index (χ0v) is 17.0. The lowest BCUT2D eigenvalue weighted by atomic mass is 9.57. The molecule has 10 heteroatoms. The highest BCUT2D eigenvalue weighted by molar-refractivity contribution is 9.10. The normalized spacial score (nSPS) is 10.8. The molecule has 0 unspecified atom stereocenters. The number of hydrogen-bond donors (Lipinski definition) is 0. The minimum absolute atomic E-state index is 1.25. The van der Waals surface area contributed by atoms with Crippen molar-refractivity contribution in [3.63, 3.8) is 0 Å². The number of rotatable bonds is 1. The summed E-state index contributed by atoms with van der Waals surface area (Å²) in [6, 6.07) is 0. The second kappa shape index (κ2) is 6.19. The van der Waals surface area contributed by atoms with Gasteiger partial charge < -0.3 is 0 Å². The minimum atomic E-state index is 1.25. The standard InChI is InChI=1S/C12H18B9Br/c13-3-1(4(14)8(18)9(19)7(3)17)2-5(15)10(20)12(22)11(21)6(2)16/h13-21H2. The number of hydrogen-bond acceptors (Lipinski definition) is 0. The largest absolute Gasteiger partial charge is 0.140 e. The molecule has 0 amide bonds. The van der Waals surface area contributed by atoms with Gasteiger partial charge in [-0.15, -0.1) is 16.4 Å². The average molecular weight is 339 g/mol. The predicted molar refractivity (Wildman–Crippen MR) is 133 cm³/mol. The van der Waals surface area contributed by atoms with Crippen molar-refractivity contribution in [2.45, 2.75) is 0 Å². The molecule has 0 spiro atoms. The third-order valence-corrected chi connectivity index (χ3v) is 6.97. The lowest BCUT2D eigenvalue weighted by Crippen LogP contribution is -2.57. The van der Waals surface area contributed by atoms with Gasteiger partial charge in [0.25, 0.3) is 0 Å². The summed E-state index contributed by atoms with van der Waals surface area (Å²) in [7, 11) is 20.2. The third-order valence-electron chi connectivity index (χ3n) is 5.78. The highest BCUT2D eigenvalue weighted by Gasteiger charge is 2.19. The summed E-state index contributed by atoms with van der Waals surface area (Å²) in [4.78, 5) is 0. The summed E-state index contributed by atoms with van der Waals surface area (Å²) >= 11 is 3.77. The Kier molecular flexibility index (Phi) is 5.02. The predicted octanol–water partition coefficient (Wildman–Crippen LogP) is -11.6. The zero-order valence-electron chi connectivity index (χ0n) is 15.4. The molecular weight excluding hydrogens is 321 g/mol. The summed E-state index contributed by atoms with van der Waals surface area (Å²) in [6.45, 7) is 0. The van der Waals surface area contributed by atoms with Crippen LogP contribution in [0.4, 0.5) is 0 Å². The van der Waals surface area contributed by atoms with Gasteiger partial charge in [0.05, 0.1) is 0 Å². The molecule has 2 aromatic rings. The molecule has 0 N–H and O–H groups in total. The van der Waals surface area contributed by atoms with Gasteiger partial charge >= 0.3 is 0 Å². The Morgan fingerprint density at radius 2 is 0.591 bits per heavy atom. The smallest absolute Gasteiger partial charge is 0.102 e. The van der Waals surface area contributed by atoms with E-state index in [9.17, 15) is 0 Å². The topological polar surface area (TPSA) is 0 Å². The van der Waals surface area contributed by atoms with Gasteiger partial charge in [0.1, 0.15) is 70.6 Å². The van der Waals surface area contributed by atoms with E-state index in [0.717, 1.165) is 0 Å². The summed E-state index contributed by atoms with van der Waals surface area (Å²) in [5, 5.41) is 0. The SMILES string of the molecule is Bc1c(B)c(B)c(-c2c(B)c(B)c(Br)c(B)c2B)c(B)c1B. The molecule has 22 heavy (non-hydrogen) atoms. The highest BCUT2D eigenvalue weighted by Crippen LogP contribution is 2.09. The van der Waals surface area contributed by atoms with Crippen molar-refractivity contribution in [1.82, 2.24) is 0 Å². The first-order valence-corrected chi connectivity index (χ1v) is 8.73. The molecule has 2 aromatic carbocycles. The van der Waals surface area contributed by atoms with Gasteiger partial charge in [-0.1, -0.05) is 48.7 Å². The van der Waals surface area contributed by atoms with Gasteiger partial charge in [-0.25, -0.2) is 0 Å². The van der Waals surface area contributed by atoms with Crippen molar-refractivity contribution >= 4 is 136 Å². The van der Waals surface area contributed by atoms with Crippen molar-refractivity contribution in [2.75, 3.05) is 0 Å². The van der Waals surface area contributed by atoms with E-state index in [-0.39, 0.29) is 0 Å². The Morgan fingerprint density at radius 1 is 0.364 bits per heavy atom. The van der Waals surface area contributed by atoms with Gasteiger partial charge in [0.2, 0.25) is 0 Å². The molecule has 0 fully saturated rings. The van der Waals surface area contributed by atoms with Crippen LogP contribution in [0.15, 0.2) is 4.47 Å². The van der Waals surface area contributed by atoms with Crippen LogP contribution < -0.4 is 49.2 Å². The first-order chi connectivity index (χ1) is 10.1. The second-order valence-corrected chi connectivity index (χ2v) is 7.48. The quantitative estimate of drug-likeness (QED) is 0.453. The Morgan fingerprint density at radius 3 is 0.909 bits per heavy atom. The van der Waals surface area contributed by atoms with Crippen LogP contribution in [0.2, 0.25) is 0 Å². The van der Waals surface area contributed by atoms with Crippen molar-refractivity contribution in [1.29, 1.82) is 0 Å². The Balaban J connectivity index is 3.03. The molecule has 2 rings (SSSR count). The van der Waals surface area contributed by atoms with E-state index in [2.05, 4.69) is 86.5 Å². The minimum Gasteiger partial charge on any atom is -0.102 e. The molecule has 0 radical (unpaired) electrons. The average Bonchev–Trinajstić information content (AvgIpc) is 2.50. The van der Waals surface area contributed by atoms with Gasteiger partial charge in [0, 0.05) is 4.47 Å². The summed E-state index contributed by atoms with van der Waals surface area (Å²) < 4.78 is 1.25. The maximum atomic E-state index is 3.77. The van der Waals surface area contributed by atoms with Crippen molar-refractivity contribution in [2.24, 2.45) is 0 Å². The fourth-order valence-electron chi connectivity index (χ4n) is 3.52. The van der Waals surface area contributed by atoms with E-state index in [1.807, 2.05) is 0 Å². The third kappa shape index (κ3) is 2.52. The number of halogens is 1. The van der Waals surface area contributed by atoms with Crippen LogP contribution in [0, 0.1) is 0 Å². The highest BCUT2D eigenvalue weighted by atomic mass is 79.9. The Hall–Kier alpha value is -0.496. The molecule has 0 atom stereocenters. The van der Waals surface area contributed by atoms with Crippen LogP contribution in [-0.2, 0) is 0 Å². The van der Waals surface area contributed by atoms with Gasteiger partial charge in [-0.3, -0.25) is 0 Å². The van der Waals surface area contributed by atoms with Crippen LogP contribution in [0.5, 0.6) is 0 Å². The van der Waals surface area contributed by atoms with Crippen LogP contribution in [0.1, 0.15) is 0 Å². The molecular formula is C12H18B9Br. The summed E-state index contributed by atoms with van der Waals surface area (Å²) in [5.74, 6) is 0. The molecule has 0 heterocycles. The van der Waals surface area contributed by atoms with Crippen LogP contribution >= 0.6 is 15.9 Å². The van der Waals surface area contributed by atoms with Crippen LogP contribution in [-0.4, -0.2) is 70.6 Å². The number of benzene rings is 2. The fourth-order valence-corrected chi connectivity index (χ4v) is 4.11. The lowest BCUT2D eigenvalue weighted by molar-refractivity contribution is 1.84. The Bertz CT molecular complexity index is 675. The molecule has 0 aromatic heterocycles. The monoisotopic (exact) mass is 340 g/mol. The molecule has 0 saturated carbocycles. The Labute approximate surface area is 151 Å². The molecule has 0 aliphatic rings. The van der Waals surface area contributed by atoms with E-state index >= 15 is 0 Å². The van der Waals surface area contributed by atoms with E-state index in [1.165, 1.54) is 64.8 Å². The van der Waals surface area contributed by atoms with Crippen molar-refractivity contribution in [3.05, 3.63) is 4.47 Å². The first kappa shape index (κ1) is 17.9. The fraction of sp³-hybridized carbons (Fsp3) is 0. The van der Waals surface area contributed by atoms with Crippen LogP contribution in [0.3, 0.4) is 0 Å². The van der Waals surface area contributed by atoms with Gasteiger partial charge in [-0.05, 0) is 11.1 Å². The van der Waals surface area contributed by atoms with Crippen molar-refractivity contribution in [3.8, 4) is 11.1 Å². The van der Waals surface area contributed by atoms with Gasteiger partial charge in [0.15, 0.2) is 0 Å². The lowest BCUT2D eigenvalue weighted by Gasteiger charge is -2.26. The van der Waals surface area contributed by atoms with E-state index in [1.54, 1.807) is 0 Å². The molecule has 0 saturated heterocycles.